The standard InChI is InChI=1S/C27H41N3O/c1-4-17-29(18-5-2)21-24-14-11-15-25(20-24)27(31)30(22-23-12-7-6-8-13-23)26-16-9-10-19-28(26)3/h6-8,11-15,20,26-27,31H,4-5,9-10,16-19,21-22H2,1-3H3. The molecule has 3 rings (SSSR count). The largest absolute Gasteiger partial charge is 0.374 e. The minimum atomic E-state index is -0.614. The summed E-state index contributed by atoms with van der Waals surface area (Å²) >= 11 is 0. The van der Waals surface area contributed by atoms with Crippen molar-refractivity contribution in [2.45, 2.75) is 71.4 Å². The third-order valence-corrected chi connectivity index (χ3v) is 6.37. The topological polar surface area (TPSA) is 30.0 Å². The molecule has 0 saturated carbocycles. The van der Waals surface area contributed by atoms with Gasteiger partial charge in [-0.2, -0.15) is 0 Å². The van der Waals surface area contributed by atoms with E-state index in [1.54, 1.807) is 0 Å². The highest BCUT2D eigenvalue weighted by Gasteiger charge is 2.31. The van der Waals surface area contributed by atoms with Crippen LogP contribution in [0.5, 0.6) is 0 Å². The van der Waals surface area contributed by atoms with Crippen molar-refractivity contribution in [2.75, 3.05) is 26.7 Å². The summed E-state index contributed by atoms with van der Waals surface area (Å²) in [6.45, 7) is 9.51. The SMILES string of the molecule is CCCN(CCC)Cc1cccc(C(O)N(Cc2ccccc2)C2CCCCN2C)c1. The average Bonchev–Trinajstić information content (AvgIpc) is 2.79. The molecule has 2 atom stereocenters. The summed E-state index contributed by atoms with van der Waals surface area (Å²) in [5.41, 5.74) is 3.53. The molecule has 31 heavy (non-hydrogen) atoms. The van der Waals surface area contributed by atoms with Gasteiger partial charge in [0.2, 0.25) is 0 Å². The Morgan fingerprint density at radius 2 is 1.65 bits per heavy atom. The Balaban J connectivity index is 1.82. The first kappa shape index (κ1) is 23.9. The molecule has 0 radical (unpaired) electrons. The Kier molecular flexibility index (Phi) is 9.54. The summed E-state index contributed by atoms with van der Waals surface area (Å²) in [5, 5.41) is 11.6. The first-order valence-corrected chi connectivity index (χ1v) is 12.1. The molecule has 0 spiro atoms. The minimum absolute atomic E-state index is 0.254. The number of likely N-dealkylation sites (tertiary alicyclic amines) is 1. The fraction of sp³-hybridized carbons (Fsp3) is 0.556. The molecule has 170 valence electrons. The molecule has 1 N–H and O–H groups in total. The third kappa shape index (κ3) is 6.88. The number of benzene rings is 2. The van der Waals surface area contributed by atoms with Crippen LogP contribution in [0, 0.1) is 0 Å². The van der Waals surface area contributed by atoms with Gasteiger partial charge in [-0.1, -0.05) is 68.4 Å². The summed E-state index contributed by atoms with van der Waals surface area (Å²) in [6, 6.07) is 19.1. The predicted octanol–water partition coefficient (Wildman–Crippen LogP) is 5.24. The molecule has 2 aromatic rings. The molecule has 2 aromatic carbocycles. The molecule has 4 nitrogen and oxygen atoms in total. The van der Waals surface area contributed by atoms with Crippen LogP contribution in [0.3, 0.4) is 0 Å². The van der Waals surface area contributed by atoms with Gasteiger partial charge < -0.3 is 5.11 Å². The van der Waals surface area contributed by atoms with Crippen molar-refractivity contribution in [3.8, 4) is 0 Å². The maximum absolute atomic E-state index is 11.6. The predicted molar refractivity (Wildman–Crippen MR) is 130 cm³/mol. The van der Waals surface area contributed by atoms with E-state index < -0.39 is 6.23 Å². The minimum Gasteiger partial charge on any atom is -0.374 e. The Labute approximate surface area is 189 Å². The summed E-state index contributed by atoms with van der Waals surface area (Å²) in [7, 11) is 2.19. The number of nitrogens with zero attached hydrogens (tertiary/aromatic N) is 3. The van der Waals surface area contributed by atoms with Gasteiger partial charge in [0, 0.05) is 13.1 Å². The smallest absolute Gasteiger partial charge is 0.135 e. The number of rotatable bonds is 11. The third-order valence-electron chi connectivity index (χ3n) is 6.37. The van der Waals surface area contributed by atoms with Crippen LogP contribution in [0.4, 0.5) is 0 Å². The highest BCUT2D eigenvalue weighted by molar-refractivity contribution is 5.25. The van der Waals surface area contributed by atoms with E-state index in [1.807, 2.05) is 0 Å². The lowest BCUT2D eigenvalue weighted by molar-refractivity contribution is -0.0902. The van der Waals surface area contributed by atoms with Crippen molar-refractivity contribution < 1.29 is 5.11 Å². The second-order valence-electron chi connectivity index (χ2n) is 9.01. The molecule has 0 aromatic heterocycles. The molecule has 1 fully saturated rings. The van der Waals surface area contributed by atoms with E-state index in [-0.39, 0.29) is 6.17 Å². The monoisotopic (exact) mass is 423 g/mol. The normalized spacial score (nSPS) is 18.6. The molecule has 0 amide bonds. The maximum Gasteiger partial charge on any atom is 0.135 e. The first-order chi connectivity index (χ1) is 15.1. The fourth-order valence-electron chi connectivity index (χ4n) is 4.83. The molecule has 0 aliphatic carbocycles. The number of aliphatic hydroxyl groups excluding tert-OH is 1. The quantitative estimate of drug-likeness (QED) is 0.500. The number of hydrogen-bond acceptors (Lipinski definition) is 4. The highest BCUT2D eigenvalue weighted by atomic mass is 16.3. The Morgan fingerprint density at radius 3 is 2.32 bits per heavy atom. The van der Waals surface area contributed by atoms with Crippen LogP contribution in [0.15, 0.2) is 54.6 Å². The lowest BCUT2D eigenvalue weighted by Crippen LogP contribution is -2.50. The molecular weight excluding hydrogens is 382 g/mol. The van der Waals surface area contributed by atoms with Gasteiger partial charge in [0.15, 0.2) is 0 Å². The van der Waals surface area contributed by atoms with Crippen molar-refractivity contribution in [1.82, 2.24) is 14.7 Å². The molecule has 0 bridgehead atoms. The van der Waals surface area contributed by atoms with Crippen molar-refractivity contribution in [3.05, 3.63) is 71.3 Å². The van der Waals surface area contributed by atoms with Crippen molar-refractivity contribution >= 4 is 0 Å². The molecular formula is C27H41N3O. The van der Waals surface area contributed by atoms with Crippen molar-refractivity contribution in [3.63, 3.8) is 0 Å². The van der Waals surface area contributed by atoms with Gasteiger partial charge in [-0.25, -0.2) is 0 Å². The Bertz CT molecular complexity index is 760. The van der Waals surface area contributed by atoms with Crippen LogP contribution >= 0.6 is 0 Å². The summed E-state index contributed by atoms with van der Waals surface area (Å²) in [4.78, 5) is 7.20. The Morgan fingerprint density at radius 1 is 0.935 bits per heavy atom. The van der Waals surface area contributed by atoms with Crippen molar-refractivity contribution in [1.29, 1.82) is 0 Å². The van der Waals surface area contributed by atoms with E-state index in [0.717, 1.165) is 44.7 Å². The average molecular weight is 424 g/mol. The van der Waals surface area contributed by atoms with E-state index in [4.69, 9.17) is 0 Å². The van der Waals surface area contributed by atoms with Crippen LogP contribution < -0.4 is 0 Å². The van der Waals surface area contributed by atoms with Crippen LogP contribution in [0.1, 0.15) is 68.9 Å². The van der Waals surface area contributed by atoms with Gasteiger partial charge in [-0.3, -0.25) is 14.7 Å². The zero-order valence-electron chi connectivity index (χ0n) is 19.7. The van der Waals surface area contributed by atoms with E-state index in [1.165, 1.54) is 36.8 Å². The molecule has 1 heterocycles. The number of hydrogen-bond donors (Lipinski definition) is 1. The zero-order valence-corrected chi connectivity index (χ0v) is 19.7. The lowest BCUT2D eigenvalue weighted by Gasteiger charge is -2.43. The van der Waals surface area contributed by atoms with Gasteiger partial charge in [0.25, 0.3) is 0 Å². The molecule has 1 saturated heterocycles. The second kappa shape index (κ2) is 12.4. The first-order valence-electron chi connectivity index (χ1n) is 12.1. The van der Waals surface area contributed by atoms with E-state index in [2.05, 4.69) is 90.2 Å². The second-order valence-corrected chi connectivity index (χ2v) is 9.01. The van der Waals surface area contributed by atoms with Crippen LogP contribution in [0.25, 0.3) is 0 Å². The Hall–Kier alpha value is -1.72. The fourth-order valence-corrected chi connectivity index (χ4v) is 4.83. The molecule has 1 aliphatic rings. The summed E-state index contributed by atoms with van der Waals surface area (Å²) < 4.78 is 0. The summed E-state index contributed by atoms with van der Waals surface area (Å²) in [5.74, 6) is 0. The van der Waals surface area contributed by atoms with Gasteiger partial charge in [-0.15, -0.1) is 0 Å². The van der Waals surface area contributed by atoms with Gasteiger partial charge in [0.1, 0.15) is 6.23 Å². The molecule has 2 unspecified atom stereocenters. The van der Waals surface area contributed by atoms with E-state index in [9.17, 15) is 5.11 Å². The van der Waals surface area contributed by atoms with E-state index >= 15 is 0 Å². The zero-order chi connectivity index (χ0) is 22.1. The molecule has 1 aliphatic heterocycles. The van der Waals surface area contributed by atoms with Gasteiger partial charge in [0.05, 0.1) is 6.17 Å². The maximum atomic E-state index is 11.6. The van der Waals surface area contributed by atoms with Gasteiger partial charge in [-0.05, 0) is 75.5 Å². The van der Waals surface area contributed by atoms with Crippen LogP contribution in [0.2, 0.25) is 0 Å². The van der Waals surface area contributed by atoms with Crippen molar-refractivity contribution in [2.24, 2.45) is 0 Å². The van der Waals surface area contributed by atoms with Crippen LogP contribution in [-0.2, 0) is 13.1 Å². The van der Waals surface area contributed by atoms with E-state index in [0.29, 0.717) is 0 Å². The van der Waals surface area contributed by atoms with Gasteiger partial charge >= 0.3 is 0 Å². The summed E-state index contributed by atoms with van der Waals surface area (Å²) in [6.07, 6.45) is 5.53. The number of piperidine rings is 1. The lowest BCUT2D eigenvalue weighted by atomic mass is 10.0. The highest BCUT2D eigenvalue weighted by Crippen LogP contribution is 2.29. The number of aliphatic hydroxyl groups is 1. The van der Waals surface area contributed by atoms with Crippen LogP contribution in [-0.4, -0.2) is 52.7 Å². The molecule has 4 heteroatoms.